The monoisotopic (exact) mass is 381 g/mol. The van der Waals surface area contributed by atoms with Gasteiger partial charge in [-0.1, -0.05) is 0 Å². The summed E-state index contributed by atoms with van der Waals surface area (Å²) in [7, 11) is 4.59. The molecule has 0 amide bonds. The van der Waals surface area contributed by atoms with E-state index in [4.69, 9.17) is 14.2 Å². The molecular weight excluding hydrogens is 362 g/mol. The molecule has 144 valence electrons. The molecule has 0 radical (unpaired) electrons. The zero-order valence-corrected chi connectivity index (χ0v) is 16.2. The molecule has 0 aliphatic heterocycles. The lowest BCUT2D eigenvalue weighted by molar-refractivity contribution is 0.324. The summed E-state index contributed by atoms with van der Waals surface area (Å²) >= 11 is 0. The van der Waals surface area contributed by atoms with Crippen LogP contribution in [0.15, 0.2) is 29.2 Å². The number of nitrogens with zero attached hydrogens (tertiary/aromatic N) is 5. The average molecular weight is 381 g/mol. The quantitative estimate of drug-likeness (QED) is 0.534. The van der Waals surface area contributed by atoms with Gasteiger partial charge in [0.1, 0.15) is 5.82 Å². The summed E-state index contributed by atoms with van der Waals surface area (Å²) in [4.78, 5) is 22.0. The highest BCUT2D eigenvalue weighted by Gasteiger charge is 2.17. The first-order chi connectivity index (χ1) is 13.5. The number of methoxy groups -OCH3 is 3. The molecule has 3 heterocycles. The Balaban J connectivity index is 2.03. The van der Waals surface area contributed by atoms with Crippen LogP contribution in [0.5, 0.6) is 17.2 Å². The van der Waals surface area contributed by atoms with Crippen LogP contribution in [-0.2, 0) is 0 Å². The number of hydrogen-bond acceptors (Lipinski definition) is 7. The minimum Gasteiger partial charge on any atom is -0.493 e. The van der Waals surface area contributed by atoms with E-state index in [2.05, 4.69) is 15.1 Å². The number of rotatable bonds is 4. The Hall–Kier alpha value is -3.62. The van der Waals surface area contributed by atoms with Gasteiger partial charge < -0.3 is 14.2 Å². The maximum atomic E-state index is 13.3. The second-order valence-electron chi connectivity index (χ2n) is 6.20. The molecule has 9 heteroatoms. The summed E-state index contributed by atoms with van der Waals surface area (Å²) in [6.07, 6.45) is 1.68. The number of benzene rings is 1. The van der Waals surface area contributed by atoms with E-state index < -0.39 is 0 Å². The first-order valence-electron chi connectivity index (χ1n) is 8.54. The molecule has 0 saturated carbocycles. The molecule has 1 aromatic carbocycles. The standard InChI is InChI=1S/C19H19N5O4/c1-10-16-13(24-19(20-10)21-11(2)22-24)6-7-23(18(16)25)12-8-14(26-3)17(28-5)15(9-12)27-4/h6-9H,1-5H3. The van der Waals surface area contributed by atoms with E-state index in [0.717, 1.165) is 0 Å². The van der Waals surface area contributed by atoms with Crippen molar-refractivity contribution in [1.29, 1.82) is 0 Å². The minimum absolute atomic E-state index is 0.230. The first-order valence-corrected chi connectivity index (χ1v) is 8.54. The number of aromatic nitrogens is 5. The summed E-state index contributed by atoms with van der Waals surface area (Å²) in [5.41, 5.74) is 1.58. The Morgan fingerprint density at radius 1 is 0.964 bits per heavy atom. The molecule has 0 bridgehead atoms. The molecule has 0 atom stereocenters. The number of aryl methyl sites for hydroxylation is 2. The molecule has 4 aromatic rings. The largest absolute Gasteiger partial charge is 0.493 e. The van der Waals surface area contributed by atoms with Crippen LogP contribution in [0.2, 0.25) is 0 Å². The first kappa shape index (κ1) is 17.8. The van der Waals surface area contributed by atoms with E-state index in [1.165, 1.54) is 25.9 Å². The summed E-state index contributed by atoms with van der Waals surface area (Å²) in [6.45, 7) is 3.57. The van der Waals surface area contributed by atoms with Gasteiger partial charge in [-0.2, -0.15) is 9.50 Å². The van der Waals surface area contributed by atoms with Gasteiger partial charge in [0.05, 0.1) is 43.6 Å². The summed E-state index contributed by atoms with van der Waals surface area (Å²) in [5.74, 6) is 2.43. The molecule has 28 heavy (non-hydrogen) atoms. The van der Waals surface area contributed by atoms with Crippen LogP contribution in [-0.4, -0.2) is 45.5 Å². The van der Waals surface area contributed by atoms with Gasteiger partial charge in [0.2, 0.25) is 5.75 Å². The maximum Gasteiger partial charge on any atom is 0.266 e. The lowest BCUT2D eigenvalue weighted by atomic mass is 10.2. The van der Waals surface area contributed by atoms with Gasteiger partial charge in [-0.15, -0.1) is 5.10 Å². The van der Waals surface area contributed by atoms with E-state index >= 15 is 0 Å². The third-order valence-corrected chi connectivity index (χ3v) is 4.55. The zero-order chi connectivity index (χ0) is 20.0. The van der Waals surface area contributed by atoms with Crippen molar-refractivity contribution < 1.29 is 14.2 Å². The third kappa shape index (κ3) is 2.55. The SMILES string of the molecule is COc1cc(-n2ccc3c(c(C)nc4nc(C)nn43)c2=O)cc(OC)c1OC. The Bertz CT molecular complexity index is 1250. The summed E-state index contributed by atoms with van der Waals surface area (Å²) < 4.78 is 19.2. The molecule has 4 rings (SSSR count). The predicted molar refractivity (Wildman–Crippen MR) is 103 cm³/mol. The van der Waals surface area contributed by atoms with Crippen LogP contribution in [0.1, 0.15) is 11.5 Å². The van der Waals surface area contributed by atoms with E-state index in [1.807, 2.05) is 6.07 Å². The van der Waals surface area contributed by atoms with Crippen molar-refractivity contribution in [2.75, 3.05) is 21.3 Å². The van der Waals surface area contributed by atoms with Crippen LogP contribution >= 0.6 is 0 Å². The second-order valence-corrected chi connectivity index (χ2v) is 6.20. The highest BCUT2D eigenvalue weighted by atomic mass is 16.5. The smallest absolute Gasteiger partial charge is 0.266 e. The molecule has 3 aromatic heterocycles. The van der Waals surface area contributed by atoms with E-state index in [1.54, 1.807) is 36.7 Å². The lowest BCUT2D eigenvalue weighted by Crippen LogP contribution is -2.20. The maximum absolute atomic E-state index is 13.3. The highest BCUT2D eigenvalue weighted by Crippen LogP contribution is 2.39. The van der Waals surface area contributed by atoms with Crippen molar-refractivity contribution in [3.8, 4) is 22.9 Å². The fourth-order valence-corrected chi connectivity index (χ4v) is 3.30. The molecule has 0 aliphatic rings. The van der Waals surface area contributed by atoms with Gasteiger partial charge in [0, 0.05) is 18.3 Å². The van der Waals surface area contributed by atoms with Gasteiger partial charge >= 0.3 is 0 Å². The molecule has 0 unspecified atom stereocenters. The van der Waals surface area contributed by atoms with E-state index in [9.17, 15) is 4.79 Å². The molecule has 0 spiro atoms. The van der Waals surface area contributed by atoms with Crippen LogP contribution < -0.4 is 19.8 Å². The Morgan fingerprint density at radius 2 is 1.64 bits per heavy atom. The Labute approximate surface area is 160 Å². The average Bonchev–Trinajstić information content (AvgIpc) is 3.06. The highest BCUT2D eigenvalue weighted by molar-refractivity contribution is 5.82. The number of fused-ring (bicyclic) bond motifs is 3. The zero-order valence-electron chi connectivity index (χ0n) is 16.2. The molecule has 0 aliphatic carbocycles. The van der Waals surface area contributed by atoms with Crippen molar-refractivity contribution in [3.05, 3.63) is 46.3 Å². The molecule has 0 N–H and O–H groups in total. The molecular formula is C19H19N5O4. The molecule has 0 fully saturated rings. The normalized spacial score (nSPS) is 11.2. The van der Waals surface area contributed by atoms with E-state index in [-0.39, 0.29) is 5.56 Å². The van der Waals surface area contributed by atoms with Crippen LogP contribution in [0, 0.1) is 13.8 Å². The lowest BCUT2D eigenvalue weighted by Gasteiger charge is -2.15. The van der Waals surface area contributed by atoms with Crippen LogP contribution in [0.25, 0.3) is 22.4 Å². The van der Waals surface area contributed by atoms with Crippen molar-refractivity contribution in [2.24, 2.45) is 0 Å². The summed E-state index contributed by atoms with van der Waals surface area (Å²) in [6, 6.07) is 5.25. The van der Waals surface area contributed by atoms with Gasteiger partial charge in [-0.05, 0) is 19.9 Å². The van der Waals surface area contributed by atoms with Gasteiger partial charge in [-0.25, -0.2) is 4.98 Å². The second kappa shape index (κ2) is 6.52. The topological polar surface area (TPSA) is 92.8 Å². The minimum atomic E-state index is -0.230. The van der Waals surface area contributed by atoms with Crippen molar-refractivity contribution in [1.82, 2.24) is 24.1 Å². The van der Waals surface area contributed by atoms with Crippen molar-refractivity contribution in [2.45, 2.75) is 13.8 Å². The molecule has 9 nitrogen and oxygen atoms in total. The van der Waals surface area contributed by atoms with Crippen LogP contribution in [0.4, 0.5) is 0 Å². The van der Waals surface area contributed by atoms with Crippen molar-refractivity contribution >= 4 is 16.7 Å². The van der Waals surface area contributed by atoms with Gasteiger partial charge in [0.25, 0.3) is 11.3 Å². The number of ether oxygens (including phenoxy) is 3. The molecule has 0 saturated heterocycles. The number of pyridine rings is 1. The van der Waals surface area contributed by atoms with Gasteiger partial charge in [-0.3, -0.25) is 9.36 Å². The Kier molecular flexibility index (Phi) is 4.14. The fourth-order valence-electron chi connectivity index (χ4n) is 3.30. The fraction of sp³-hybridized carbons (Fsp3) is 0.263. The Morgan fingerprint density at radius 3 is 2.25 bits per heavy atom. The third-order valence-electron chi connectivity index (χ3n) is 4.55. The summed E-state index contributed by atoms with van der Waals surface area (Å²) in [5, 5.41) is 4.81. The van der Waals surface area contributed by atoms with E-state index in [0.29, 0.717) is 51.1 Å². The van der Waals surface area contributed by atoms with Crippen LogP contribution in [0.3, 0.4) is 0 Å². The van der Waals surface area contributed by atoms with Gasteiger partial charge in [0.15, 0.2) is 11.5 Å². The van der Waals surface area contributed by atoms with Crippen molar-refractivity contribution in [3.63, 3.8) is 0 Å². The number of hydrogen-bond donors (Lipinski definition) is 0. The predicted octanol–water partition coefficient (Wildman–Crippen LogP) is 2.07.